The zero-order chi connectivity index (χ0) is 21.9. The number of ether oxygens (including phenoxy) is 3. The molecule has 0 spiro atoms. The van der Waals surface area contributed by atoms with Gasteiger partial charge >= 0.3 is 0 Å². The number of nitrogens with zero attached hydrogens (tertiary/aromatic N) is 1. The van der Waals surface area contributed by atoms with E-state index in [9.17, 15) is 13.2 Å². The molecule has 9 heteroatoms. The first kappa shape index (κ1) is 21.8. The van der Waals surface area contributed by atoms with Gasteiger partial charge in [-0.15, -0.1) is 0 Å². The molecule has 1 heterocycles. The van der Waals surface area contributed by atoms with Crippen LogP contribution in [-0.2, 0) is 14.8 Å². The Morgan fingerprint density at radius 2 is 1.70 bits per heavy atom. The average Bonchev–Trinajstić information content (AvgIpc) is 2.72. The molecule has 0 unspecified atom stereocenters. The number of carbonyl (C=O) groups is 1. The summed E-state index contributed by atoms with van der Waals surface area (Å²) in [7, 11) is -1.87. The zero-order valence-electron chi connectivity index (χ0n) is 17.4. The monoisotopic (exact) mass is 434 g/mol. The van der Waals surface area contributed by atoms with Gasteiger partial charge in [-0.1, -0.05) is 6.07 Å². The van der Waals surface area contributed by atoms with Crippen LogP contribution in [0.5, 0.6) is 17.2 Å². The summed E-state index contributed by atoms with van der Waals surface area (Å²) in [6.45, 7) is 4.56. The Morgan fingerprint density at radius 1 is 1.07 bits per heavy atom. The third-order valence-electron chi connectivity index (χ3n) is 4.80. The van der Waals surface area contributed by atoms with Crippen LogP contribution in [0.3, 0.4) is 0 Å². The van der Waals surface area contributed by atoms with E-state index in [2.05, 4.69) is 5.32 Å². The van der Waals surface area contributed by atoms with Crippen molar-refractivity contribution in [2.45, 2.75) is 26.0 Å². The summed E-state index contributed by atoms with van der Waals surface area (Å²) in [5.41, 5.74) is 1.40. The van der Waals surface area contributed by atoms with E-state index in [-0.39, 0.29) is 11.9 Å². The summed E-state index contributed by atoms with van der Waals surface area (Å²) in [6, 6.07) is 11.9. The number of hydrogen-bond donors (Lipinski definition) is 1. The van der Waals surface area contributed by atoms with E-state index in [0.717, 1.165) is 11.8 Å². The van der Waals surface area contributed by atoms with E-state index in [1.54, 1.807) is 31.2 Å². The van der Waals surface area contributed by atoms with Crippen LogP contribution < -0.4 is 23.8 Å². The molecule has 0 radical (unpaired) electrons. The smallest absolute Gasteiger partial charge is 0.261 e. The Morgan fingerprint density at radius 3 is 2.33 bits per heavy atom. The lowest BCUT2D eigenvalue weighted by molar-refractivity contribution is -0.127. The number of fused-ring (bicyclic) bond motifs is 1. The van der Waals surface area contributed by atoms with Crippen molar-refractivity contribution in [2.24, 2.45) is 0 Å². The van der Waals surface area contributed by atoms with E-state index in [1.165, 1.54) is 11.4 Å². The van der Waals surface area contributed by atoms with Gasteiger partial charge in [0.25, 0.3) is 5.91 Å². The second-order valence-corrected chi connectivity index (χ2v) is 9.13. The van der Waals surface area contributed by atoms with Crippen molar-refractivity contribution in [1.29, 1.82) is 0 Å². The van der Waals surface area contributed by atoms with Crippen LogP contribution in [0.1, 0.15) is 25.5 Å². The van der Waals surface area contributed by atoms with Crippen LogP contribution in [0.25, 0.3) is 0 Å². The highest BCUT2D eigenvalue weighted by Gasteiger charge is 2.20. The molecule has 0 bridgehead atoms. The molecule has 2 aromatic rings. The minimum atomic E-state index is -3.34. The lowest BCUT2D eigenvalue weighted by atomic mass is 10.1. The molecule has 1 aliphatic heterocycles. The minimum Gasteiger partial charge on any atom is -0.486 e. The van der Waals surface area contributed by atoms with Gasteiger partial charge in [-0.05, 0) is 55.8 Å². The Labute approximate surface area is 176 Å². The van der Waals surface area contributed by atoms with Crippen molar-refractivity contribution in [2.75, 3.05) is 30.8 Å². The van der Waals surface area contributed by atoms with Crippen molar-refractivity contribution in [1.82, 2.24) is 5.32 Å². The number of benzene rings is 2. The summed E-state index contributed by atoms with van der Waals surface area (Å²) < 4.78 is 41.2. The number of rotatable bonds is 7. The molecule has 0 saturated heterocycles. The quantitative estimate of drug-likeness (QED) is 0.720. The standard InChI is InChI=1S/C21H26N2O6S/c1-14(16-5-10-19-20(13-16)28-12-11-27-19)22-21(24)15(2)29-18-8-6-17(7-9-18)23(3)30(4,25)26/h5-10,13-15H,11-12H2,1-4H3,(H,22,24)/t14-,15+/m0/s1. The van der Waals surface area contributed by atoms with Gasteiger partial charge in [-0.2, -0.15) is 0 Å². The molecule has 1 aliphatic rings. The van der Waals surface area contributed by atoms with Crippen LogP contribution >= 0.6 is 0 Å². The second-order valence-electron chi connectivity index (χ2n) is 7.12. The van der Waals surface area contributed by atoms with Crippen LogP contribution in [0.4, 0.5) is 5.69 Å². The van der Waals surface area contributed by atoms with Gasteiger partial charge in [-0.3, -0.25) is 9.10 Å². The lowest BCUT2D eigenvalue weighted by Gasteiger charge is -2.22. The number of amides is 1. The van der Waals surface area contributed by atoms with Gasteiger partial charge in [0.2, 0.25) is 10.0 Å². The summed E-state index contributed by atoms with van der Waals surface area (Å²) in [5.74, 6) is 1.57. The van der Waals surface area contributed by atoms with Gasteiger partial charge in [0.05, 0.1) is 18.0 Å². The summed E-state index contributed by atoms with van der Waals surface area (Å²) in [4.78, 5) is 12.5. The maximum absolute atomic E-state index is 12.5. The van der Waals surface area contributed by atoms with E-state index < -0.39 is 16.1 Å². The molecular weight excluding hydrogens is 408 g/mol. The summed E-state index contributed by atoms with van der Waals surface area (Å²) in [5, 5.41) is 2.92. The molecule has 0 aromatic heterocycles. The second kappa shape index (κ2) is 8.83. The van der Waals surface area contributed by atoms with Crippen LogP contribution in [0.2, 0.25) is 0 Å². The molecule has 3 rings (SSSR count). The molecule has 2 aromatic carbocycles. The predicted octanol–water partition coefficient (Wildman–Crippen LogP) is 2.50. The third-order valence-corrected chi connectivity index (χ3v) is 6.01. The molecule has 8 nitrogen and oxygen atoms in total. The topological polar surface area (TPSA) is 94.2 Å². The van der Waals surface area contributed by atoms with Gasteiger partial charge in [-0.25, -0.2) is 8.42 Å². The SMILES string of the molecule is C[C@H](NC(=O)[C@@H](C)Oc1ccc(N(C)S(C)(=O)=O)cc1)c1ccc2c(c1)OCCO2. The van der Waals surface area contributed by atoms with Gasteiger partial charge in [0.15, 0.2) is 17.6 Å². The van der Waals surface area contributed by atoms with E-state index in [0.29, 0.717) is 36.1 Å². The lowest BCUT2D eigenvalue weighted by Crippen LogP contribution is -2.37. The number of hydrogen-bond acceptors (Lipinski definition) is 6. The fourth-order valence-electron chi connectivity index (χ4n) is 2.93. The number of nitrogens with one attached hydrogen (secondary N) is 1. The number of carbonyl (C=O) groups excluding carboxylic acids is 1. The molecule has 162 valence electrons. The molecule has 0 saturated carbocycles. The first-order valence-corrected chi connectivity index (χ1v) is 11.4. The van der Waals surface area contributed by atoms with Crippen LogP contribution in [0.15, 0.2) is 42.5 Å². The molecule has 2 atom stereocenters. The molecule has 0 fully saturated rings. The Bertz CT molecular complexity index is 1010. The van der Waals surface area contributed by atoms with Gasteiger partial charge < -0.3 is 19.5 Å². The van der Waals surface area contributed by atoms with E-state index in [1.807, 2.05) is 25.1 Å². The largest absolute Gasteiger partial charge is 0.486 e. The minimum absolute atomic E-state index is 0.245. The normalized spacial score (nSPS) is 15.1. The molecule has 30 heavy (non-hydrogen) atoms. The van der Waals surface area contributed by atoms with Gasteiger partial charge in [0.1, 0.15) is 19.0 Å². The first-order valence-electron chi connectivity index (χ1n) is 9.55. The summed E-state index contributed by atoms with van der Waals surface area (Å²) in [6.07, 6.45) is 0.398. The fourth-order valence-corrected chi connectivity index (χ4v) is 3.43. The molecule has 0 aliphatic carbocycles. The number of sulfonamides is 1. The molecular formula is C21H26N2O6S. The average molecular weight is 435 g/mol. The Balaban J connectivity index is 1.59. The van der Waals surface area contributed by atoms with Crippen molar-refractivity contribution < 1.29 is 27.4 Å². The van der Waals surface area contributed by atoms with Gasteiger partial charge in [0, 0.05) is 7.05 Å². The van der Waals surface area contributed by atoms with Crippen molar-refractivity contribution in [3.8, 4) is 17.2 Å². The van der Waals surface area contributed by atoms with Crippen LogP contribution in [-0.4, -0.2) is 46.9 Å². The molecule has 1 N–H and O–H groups in total. The highest BCUT2D eigenvalue weighted by molar-refractivity contribution is 7.92. The Kier molecular flexibility index (Phi) is 6.40. The fraction of sp³-hybridized carbons (Fsp3) is 0.381. The Hall–Kier alpha value is -2.94. The first-order chi connectivity index (χ1) is 14.1. The maximum Gasteiger partial charge on any atom is 0.261 e. The van der Waals surface area contributed by atoms with Crippen molar-refractivity contribution >= 4 is 21.6 Å². The third kappa shape index (κ3) is 5.15. The van der Waals surface area contributed by atoms with E-state index in [4.69, 9.17) is 14.2 Å². The van der Waals surface area contributed by atoms with Crippen molar-refractivity contribution in [3.05, 3.63) is 48.0 Å². The predicted molar refractivity (Wildman–Crippen MR) is 114 cm³/mol. The zero-order valence-corrected chi connectivity index (χ0v) is 18.2. The number of anilines is 1. The highest BCUT2D eigenvalue weighted by Crippen LogP contribution is 2.32. The van der Waals surface area contributed by atoms with Crippen molar-refractivity contribution in [3.63, 3.8) is 0 Å². The highest BCUT2D eigenvalue weighted by atomic mass is 32.2. The summed E-state index contributed by atoms with van der Waals surface area (Å²) >= 11 is 0. The molecule has 1 amide bonds. The maximum atomic E-state index is 12.5. The van der Waals surface area contributed by atoms with E-state index >= 15 is 0 Å². The van der Waals surface area contributed by atoms with Crippen LogP contribution in [0, 0.1) is 0 Å².